The second-order valence-electron chi connectivity index (χ2n) is 3.96. The molecule has 0 heterocycles. The smallest absolute Gasteiger partial charge is 0.00161 e. The predicted octanol–water partition coefficient (Wildman–Crippen LogP) is 1.17. The van der Waals surface area contributed by atoms with Gasteiger partial charge in [0, 0.05) is 13.1 Å². The van der Waals surface area contributed by atoms with Gasteiger partial charge in [0.1, 0.15) is 0 Å². The molecule has 0 amide bonds. The summed E-state index contributed by atoms with van der Waals surface area (Å²) in [5, 5.41) is 0. The molecule has 1 atom stereocenters. The first-order valence-corrected chi connectivity index (χ1v) is 4.44. The minimum absolute atomic E-state index is 0.624. The molecule has 0 aliphatic carbocycles. The van der Waals surface area contributed by atoms with Crippen LogP contribution in [0.5, 0.6) is 0 Å². The van der Waals surface area contributed by atoms with Crippen molar-refractivity contribution in [1.29, 1.82) is 0 Å². The molecular formula is C9H22N2. The molecule has 0 aliphatic rings. The summed E-state index contributed by atoms with van der Waals surface area (Å²) in [4.78, 5) is 2.35. The number of rotatable bonds is 5. The SMILES string of the molecule is CC(C)CN(C)CC(C)CN. The topological polar surface area (TPSA) is 29.3 Å². The summed E-state index contributed by atoms with van der Waals surface area (Å²) in [7, 11) is 2.16. The fraction of sp³-hybridized carbons (Fsp3) is 1.00. The maximum absolute atomic E-state index is 5.52. The molecule has 11 heavy (non-hydrogen) atoms. The Bertz CT molecular complexity index is 91.6. The quantitative estimate of drug-likeness (QED) is 0.651. The van der Waals surface area contributed by atoms with Gasteiger partial charge in [-0.1, -0.05) is 20.8 Å². The summed E-state index contributed by atoms with van der Waals surface area (Å²) in [6, 6.07) is 0. The minimum atomic E-state index is 0.624. The van der Waals surface area contributed by atoms with Crippen LogP contribution in [0.4, 0.5) is 0 Å². The van der Waals surface area contributed by atoms with Gasteiger partial charge in [0.15, 0.2) is 0 Å². The third-order valence-electron chi connectivity index (χ3n) is 1.70. The lowest BCUT2D eigenvalue weighted by Gasteiger charge is -2.21. The van der Waals surface area contributed by atoms with Crippen LogP contribution in [0, 0.1) is 11.8 Å². The third-order valence-corrected chi connectivity index (χ3v) is 1.70. The van der Waals surface area contributed by atoms with Crippen molar-refractivity contribution in [2.24, 2.45) is 17.6 Å². The van der Waals surface area contributed by atoms with E-state index in [-0.39, 0.29) is 0 Å². The standard InChI is InChI=1S/C9H22N2/c1-8(2)6-11(4)7-9(3)5-10/h8-9H,5-7,10H2,1-4H3. The van der Waals surface area contributed by atoms with Crippen molar-refractivity contribution < 1.29 is 0 Å². The van der Waals surface area contributed by atoms with E-state index in [2.05, 4.69) is 32.7 Å². The van der Waals surface area contributed by atoms with Crippen molar-refractivity contribution in [1.82, 2.24) is 4.90 Å². The van der Waals surface area contributed by atoms with Crippen LogP contribution in [0.3, 0.4) is 0 Å². The lowest BCUT2D eigenvalue weighted by molar-refractivity contribution is 0.260. The van der Waals surface area contributed by atoms with Crippen molar-refractivity contribution in [3.8, 4) is 0 Å². The molecule has 0 bridgehead atoms. The van der Waals surface area contributed by atoms with Crippen LogP contribution in [0.2, 0.25) is 0 Å². The molecule has 1 unspecified atom stereocenters. The van der Waals surface area contributed by atoms with E-state index in [0.29, 0.717) is 5.92 Å². The van der Waals surface area contributed by atoms with Gasteiger partial charge in [0.2, 0.25) is 0 Å². The van der Waals surface area contributed by atoms with Gasteiger partial charge in [-0.05, 0) is 25.4 Å². The number of nitrogens with zero attached hydrogens (tertiary/aromatic N) is 1. The van der Waals surface area contributed by atoms with Crippen molar-refractivity contribution in [2.75, 3.05) is 26.7 Å². The van der Waals surface area contributed by atoms with Crippen LogP contribution in [0.1, 0.15) is 20.8 Å². The first kappa shape index (κ1) is 10.9. The highest BCUT2D eigenvalue weighted by atomic mass is 15.1. The van der Waals surface area contributed by atoms with Gasteiger partial charge in [-0.15, -0.1) is 0 Å². The van der Waals surface area contributed by atoms with E-state index in [1.807, 2.05) is 0 Å². The van der Waals surface area contributed by atoms with Gasteiger partial charge >= 0.3 is 0 Å². The van der Waals surface area contributed by atoms with Gasteiger partial charge in [0.25, 0.3) is 0 Å². The van der Waals surface area contributed by atoms with E-state index in [1.54, 1.807) is 0 Å². The molecule has 0 rings (SSSR count). The number of hydrogen-bond acceptors (Lipinski definition) is 2. The molecule has 0 aromatic rings. The highest BCUT2D eigenvalue weighted by Gasteiger charge is 2.05. The van der Waals surface area contributed by atoms with Gasteiger partial charge < -0.3 is 10.6 Å². The summed E-state index contributed by atoms with van der Waals surface area (Å²) < 4.78 is 0. The lowest BCUT2D eigenvalue weighted by Crippen LogP contribution is -2.31. The van der Waals surface area contributed by atoms with Crippen molar-refractivity contribution in [2.45, 2.75) is 20.8 Å². The van der Waals surface area contributed by atoms with Gasteiger partial charge in [-0.2, -0.15) is 0 Å². The zero-order chi connectivity index (χ0) is 8.85. The minimum Gasteiger partial charge on any atom is -0.330 e. The molecule has 0 saturated heterocycles. The second-order valence-corrected chi connectivity index (χ2v) is 3.96. The normalized spacial score (nSPS) is 14.5. The third kappa shape index (κ3) is 6.32. The zero-order valence-electron chi connectivity index (χ0n) is 8.30. The Morgan fingerprint density at radius 3 is 2.09 bits per heavy atom. The van der Waals surface area contributed by atoms with Gasteiger partial charge in [-0.25, -0.2) is 0 Å². The maximum Gasteiger partial charge on any atom is 0.00161 e. The predicted molar refractivity (Wildman–Crippen MR) is 50.6 cm³/mol. The first-order chi connectivity index (χ1) is 5.06. The van der Waals surface area contributed by atoms with E-state index in [1.165, 1.54) is 6.54 Å². The molecule has 2 nitrogen and oxygen atoms in total. The van der Waals surface area contributed by atoms with Crippen LogP contribution < -0.4 is 5.73 Å². The van der Waals surface area contributed by atoms with Gasteiger partial charge in [0.05, 0.1) is 0 Å². The van der Waals surface area contributed by atoms with E-state index < -0.39 is 0 Å². The summed E-state index contributed by atoms with van der Waals surface area (Å²) in [6.07, 6.45) is 0. The van der Waals surface area contributed by atoms with E-state index in [9.17, 15) is 0 Å². The molecule has 0 radical (unpaired) electrons. The Labute approximate surface area is 70.8 Å². The summed E-state index contributed by atoms with van der Waals surface area (Å²) >= 11 is 0. The monoisotopic (exact) mass is 158 g/mol. The average molecular weight is 158 g/mol. The Morgan fingerprint density at radius 2 is 1.73 bits per heavy atom. The summed E-state index contributed by atoms with van der Waals surface area (Å²) in [6.45, 7) is 9.76. The molecule has 68 valence electrons. The summed E-state index contributed by atoms with van der Waals surface area (Å²) in [5.74, 6) is 1.38. The Balaban J connectivity index is 3.43. The van der Waals surface area contributed by atoms with Crippen molar-refractivity contribution >= 4 is 0 Å². The molecular weight excluding hydrogens is 136 g/mol. The lowest BCUT2D eigenvalue weighted by atomic mass is 10.1. The highest BCUT2D eigenvalue weighted by Crippen LogP contribution is 1.99. The maximum atomic E-state index is 5.52. The zero-order valence-corrected chi connectivity index (χ0v) is 8.30. The average Bonchev–Trinajstić information content (AvgIpc) is 1.85. The van der Waals surface area contributed by atoms with E-state index in [0.717, 1.165) is 19.0 Å². The Morgan fingerprint density at radius 1 is 1.18 bits per heavy atom. The van der Waals surface area contributed by atoms with E-state index >= 15 is 0 Å². The van der Waals surface area contributed by atoms with Crippen molar-refractivity contribution in [3.63, 3.8) is 0 Å². The molecule has 0 aliphatic heterocycles. The fourth-order valence-electron chi connectivity index (χ4n) is 1.30. The van der Waals surface area contributed by atoms with Gasteiger partial charge in [-0.3, -0.25) is 0 Å². The molecule has 0 saturated carbocycles. The molecule has 2 N–H and O–H groups in total. The Kier molecular flexibility index (Phi) is 5.51. The van der Waals surface area contributed by atoms with Crippen LogP contribution in [0.15, 0.2) is 0 Å². The largest absolute Gasteiger partial charge is 0.330 e. The molecule has 0 fully saturated rings. The van der Waals surface area contributed by atoms with Crippen LogP contribution >= 0.6 is 0 Å². The van der Waals surface area contributed by atoms with Crippen LogP contribution in [0.25, 0.3) is 0 Å². The highest BCUT2D eigenvalue weighted by molar-refractivity contribution is 4.60. The molecule has 0 spiro atoms. The first-order valence-electron chi connectivity index (χ1n) is 4.44. The number of nitrogens with two attached hydrogens (primary N) is 1. The van der Waals surface area contributed by atoms with Crippen LogP contribution in [-0.2, 0) is 0 Å². The second kappa shape index (κ2) is 5.56. The van der Waals surface area contributed by atoms with Crippen LogP contribution in [-0.4, -0.2) is 31.6 Å². The molecule has 0 aromatic carbocycles. The summed E-state index contributed by atoms with van der Waals surface area (Å²) in [5.41, 5.74) is 5.52. The fourth-order valence-corrected chi connectivity index (χ4v) is 1.30. The van der Waals surface area contributed by atoms with E-state index in [4.69, 9.17) is 5.73 Å². The molecule has 2 heteroatoms. The Hall–Kier alpha value is -0.0800. The van der Waals surface area contributed by atoms with Crippen molar-refractivity contribution in [3.05, 3.63) is 0 Å². The number of hydrogen-bond donors (Lipinski definition) is 1. The molecule has 0 aromatic heterocycles.